The second-order valence-corrected chi connectivity index (χ2v) is 5.61. The van der Waals surface area contributed by atoms with Gasteiger partial charge in [-0.3, -0.25) is 10.1 Å². The molecule has 0 saturated heterocycles. The molecule has 0 spiro atoms. The van der Waals surface area contributed by atoms with Crippen molar-refractivity contribution in [2.75, 3.05) is 0 Å². The number of benzene rings is 2. The van der Waals surface area contributed by atoms with Crippen molar-refractivity contribution in [1.82, 2.24) is 0 Å². The van der Waals surface area contributed by atoms with Crippen molar-refractivity contribution in [3.8, 4) is 0 Å². The lowest BCUT2D eigenvalue weighted by molar-refractivity contribution is -0.384. The second kappa shape index (κ2) is 6.13. The number of rotatable bonds is 3. The van der Waals surface area contributed by atoms with Gasteiger partial charge < -0.3 is 4.74 Å². The van der Waals surface area contributed by atoms with Crippen LogP contribution in [0, 0.1) is 10.1 Å². The molecule has 0 radical (unpaired) electrons. The van der Waals surface area contributed by atoms with Crippen molar-refractivity contribution in [2.45, 2.75) is 0 Å². The summed E-state index contributed by atoms with van der Waals surface area (Å²) in [5.74, 6) is -0.531. The van der Waals surface area contributed by atoms with E-state index in [1.165, 1.54) is 18.2 Å². The number of halogens is 1. The molecule has 0 N–H and O–H groups in total. The molecule has 0 aromatic heterocycles. The number of carbonyl (C=O) groups excluding carboxylic acids is 1. The number of nitrogens with zero attached hydrogens (tertiary/aromatic N) is 2. The van der Waals surface area contributed by atoms with Gasteiger partial charge in [0.1, 0.15) is 0 Å². The summed E-state index contributed by atoms with van der Waals surface area (Å²) in [6.07, 6.45) is 1.60. The summed E-state index contributed by atoms with van der Waals surface area (Å²) < 4.78 is 6.03. The Kier molecular flexibility index (Phi) is 4.03. The maximum absolute atomic E-state index is 11.9. The van der Waals surface area contributed by atoms with E-state index in [0.29, 0.717) is 5.56 Å². The molecule has 7 heteroatoms. The van der Waals surface area contributed by atoms with Gasteiger partial charge in [-0.15, -0.1) is 0 Å². The lowest BCUT2D eigenvalue weighted by Crippen LogP contribution is -2.05. The molecule has 0 saturated carbocycles. The third-order valence-corrected chi connectivity index (χ3v) is 3.63. The Balaban J connectivity index is 1.93. The lowest BCUT2D eigenvalue weighted by Gasteiger charge is -1.98. The number of aliphatic imine (C=N–C) groups is 1. The third-order valence-electron chi connectivity index (χ3n) is 3.10. The Labute approximate surface area is 139 Å². The first-order valence-corrected chi connectivity index (χ1v) is 7.35. The molecular weight excluding hydrogens is 364 g/mol. The van der Waals surface area contributed by atoms with Gasteiger partial charge in [-0.05, 0) is 29.8 Å². The fraction of sp³-hybridized carbons (Fsp3) is 0. The van der Waals surface area contributed by atoms with Gasteiger partial charge >= 0.3 is 5.97 Å². The number of hydrogen-bond donors (Lipinski definition) is 0. The average molecular weight is 373 g/mol. The second-order valence-electron chi connectivity index (χ2n) is 4.70. The van der Waals surface area contributed by atoms with Crippen LogP contribution >= 0.6 is 15.9 Å². The normalized spacial score (nSPS) is 15.4. The molecule has 2 aromatic carbocycles. The Morgan fingerprint density at radius 1 is 1.17 bits per heavy atom. The van der Waals surface area contributed by atoms with Gasteiger partial charge in [0.05, 0.1) is 4.92 Å². The smallest absolute Gasteiger partial charge is 0.363 e. The monoisotopic (exact) mass is 372 g/mol. The maximum atomic E-state index is 11.9. The highest BCUT2D eigenvalue weighted by molar-refractivity contribution is 9.10. The van der Waals surface area contributed by atoms with Gasteiger partial charge in [0.25, 0.3) is 5.69 Å². The summed E-state index contributed by atoms with van der Waals surface area (Å²) >= 11 is 3.33. The zero-order valence-electron chi connectivity index (χ0n) is 11.6. The van der Waals surface area contributed by atoms with E-state index in [0.717, 1.165) is 10.0 Å². The van der Waals surface area contributed by atoms with E-state index in [4.69, 9.17) is 4.74 Å². The predicted molar refractivity (Wildman–Crippen MR) is 87.8 cm³/mol. The lowest BCUT2D eigenvalue weighted by atomic mass is 10.2. The number of cyclic esters (lactones) is 1. The number of non-ortho nitro benzene ring substituents is 1. The van der Waals surface area contributed by atoms with E-state index in [-0.39, 0.29) is 17.3 Å². The van der Waals surface area contributed by atoms with E-state index in [1.807, 2.05) is 24.3 Å². The van der Waals surface area contributed by atoms with Gasteiger partial charge in [0.15, 0.2) is 5.70 Å². The van der Waals surface area contributed by atoms with Crippen LogP contribution in [0.3, 0.4) is 0 Å². The van der Waals surface area contributed by atoms with Crippen molar-refractivity contribution in [3.05, 3.63) is 79.9 Å². The SMILES string of the molecule is O=C1OC(c2cccc([N+](=O)[O-])c2)=NC1=Cc1ccc(Br)cc1. The molecule has 114 valence electrons. The summed E-state index contributed by atoms with van der Waals surface area (Å²) in [4.78, 5) is 26.3. The van der Waals surface area contributed by atoms with Crippen molar-refractivity contribution < 1.29 is 14.5 Å². The molecule has 1 heterocycles. The van der Waals surface area contributed by atoms with Crippen LogP contribution in [0.1, 0.15) is 11.1 Å². The standard InChI is InChI=1S/C16H9BrN2O4/c17-12-6-4-10(5-7-12)8-14-16(20)23-15(18-14)11-2-1-3-13(9-11)19(21)22/h1-9H. The van der Waals surface area contributed by atoms with E-state index in [9.17, 15) is 14.9 Å². The topological polar surface area (TPSA) is 81.8 Å². The molecule has 6 nitrogen and oxygen atoms in total. The first-order valence-electron chi connectivity index (χ1n) is 6.56. The van der Waals surface area contributed by atoms with E-state index in [2.05, 4.69) is 20.9 Å². The number of nitro groups is 1. The molecule has 0 fully saturated rings. The number of esters is 1. The number of carbonyl (C=O) groups is 1. The van der Waals surface area contributed by atoms with Crippen LogP contribution in [-0.4, -0.2) is 16.8 Å². The average Bonchev–Trinajstić information content (AvgIpc) is 2.91. The van der Waals surface area contributed by atoms with E-state index >= 15 is 0 Å². The van der Waals surface area contributed by atoms with Crippen molar-refractivity contribution in [2.24, 2.45) is 4.99 Å². The molecule has 3 rings (SSSR count). The van der Waals surface area contributed by atoms with Crippen LogP contribution in [0.2, 0.25) is 0 Å². The van der Waals surface area contributed by atoms with Gasteiger partial charge in [0.2, 0.25) is 5.90 Å². The minimum Gasteiger partial charge on any atom is -0.402 e. The van der Waals surface area contributed by atoms with Crippen LogP contribution in [0.25, 0.3) is 6.08 Å². The molecule has 0 bridgehead atoms. The zero-order chi connectivity index (χ0) is 16.4. The van der Waals surface area contributed by atoms with E-state index in [1.54, 1.807) is 12.1 Å². The third kappa shape index (κ3) is 3.35. The fourth-order valence-corrected chi connectivity index (χ4v) is 2.27. The highest BCUT2D eigenvalue weighted by atomic mass is 79.9. The highest BCUT2D eigenvalue weighted by Crippen LogP contribution is 2.22. The van der Waals surface area contributed by atoms with Gasteiger partial charge in [-0.1, -0.05) is 34.1 Å². The van der Waals surface area contributed by atoms with Crippen molar-refractivity contribution in [3.63, 3.8) is 0 Å². The molecule has 0 aliphatic carbocycles. The van der Waals surface area contributed by atoms with E-state index < -0.39 is 10.9 Å². The van der Waals surface area contributed by atoms with Crippen LogP contribution in [-0.2, 0) is 9.53 Å². The molecular formula is C16H9BrN2O4. The number of nitro benzene ring substituents is 1. The molecule has 0 atom stereocenters. The van der Waals surface area contributed by atoms with Crippen molar-refractivity contribution in [1.29, 1.82) is 0 Å². The maximum Gasteiger partial charge on any atom is 0.363 e. The number of hydrogen-bond acceptors (Lipinski definition) is 5. The first kappa shape index (κ1) is 15.1. The van der Waals surface area contributed by atoms with Crippen molar-refractivity contribution >= 4 is 39.6 Å². The first-order chi connectivity index (χ1) is 11.0. The Bertz CT molecular complexity index is 857. The Morgan fingerprint density at radius 2 is 1.91 bits per heavy atom. The predicted octanol–water partition coefficient (Wildman–Crippen LogP) is 3.70. The summed E-state index contributed by atoms with van der Waals surface area (Å²) in [6.45, 7) is 0. The quantitative estimate of drug-likeness (QED) is 0.356. The highest BCUT2D eigenvalue weighted by Gasteiger charge is 2.25. The summed E-state index contributed by atoms with van der Waals surface area (Å²) in [7, 11) is 0. The van der Waals surface area contributed by atoms with Crippen LogP contribution < -0.4 is 0 Å². The van der Waals surface area contributed by atoms with Gasteiger partial charge in [-0.25, -0.2) is 9.79 Å². The molecule has 2 aromatic rings. The van der Waals surface area contributed by atoms with Crippen LogP contribution in [0.15, 0.2) is 63.7 Å². The van der Waals surface area contributed by atoms with Crippen LogP contribution in [0.5, 0.6) is 0 Å². The minimum absolute atomic E-state index is 0.0575. The largest absolute Gasteiger partial charge is 0.402 e. The number of ether oxygens (including phenoxy) is 1. The molecule has 1 aliphatic rings. The van der Waals surface area contributed by atoms with Crippen LogP contribution in [0.4, 0.5) is 5.69 Å². The summed E-state index contributed by atoms with van der Waals surface area (Å²) in [5.41, 5.74) is 1.23. The fourth-order valence-electron chi connectivity index (χ4n) is 2.00. The molecule has 0 amide bonds. The molecule has 0 unspecified atom stereocenters. The zero-order valence-corrected chi connectivity index (χ0v) is 13.2. The molecule has 1 aliphatic heterocycles. The van der Waals surface area contributed by atoms with Gasteiger partial charge in [0, 0.05) is 22.2 Å². The summed E-state index contributed by atoms with van der Waals surface area (Å²) in [5, 5.41) is 10.8. The Morgan fingerprint density at radius 3 is 2.61 bits per heavy atom. The molecule has 23 heavy (non-hydrogen) atoms. The van der Waals surface area contributed by atoms with Gasteiger partial charge in [-0.2, -0.15) is 0 Å². The minimum atomic E-state index is -0.588. The Hall–Kier alpha value is -2.80. The summed E-state index contributed by atoms with van der Waals surface area (Å²) in [6, 6.07) is 13.1.